The van der Waals surface area contributed by atoms with Crippen LogP contribution in [-0.2, 0) is 31.0 Å². The van der Waals surface area contributed by atoms with Gasteiger partial charge in [-0.25, -0.2) is 8.42 Å². The first-order chi connectivity index (χ1) is 16.7. The summed E-state index contributed by atoms with van der Waals surface area (Å²) >= 11 is 0. The van der Waals surface area contributed by atoms with Gasteiger partial charge in [0.2, 0.25) is 10.0 Å². The number of ether oxygens (including phenoxy) is 2. The van der Waals surface area contributed by atoms with Crippen molar-refractivity contribution in [3.8, 4) is 5.75 Å². The van der Waals surface area contributed by atoms with Gasteiger partial charge in [0.05, 0.1) is 4.90 Å². The number of carbonyl (C=O) groups is 2. The molecule has 0 bridgehead atoms. The Bertz CT molecular complexity index is 1210. The number of hydrogen-bond donors (Lipinski definition) is 2. The Balaban J connectivity index is 1.50. The van der Waals surface area contributed by atoms with E-state index in [-0.39, 0.29) is 4.90 Å². The zero-order valence-electron chi connectivity index (χ0n) is 19.5. The maximum absolute atomic E-state index is 12.6. The summed E-state index contributed by atoms with van der Waals surface area (Å²) in [6, 6.07) is 23.1. The molecule has 0 aliphatic heterocycles. The number of rotatable bonds is 11. The summed E-state index contributed by atoms with van der Waals surface area (Å²) < 4.78 is 38.3. The third-order valence-corrected chi connectivity index (χ3v) is 6.45. The molecule has 8 nitrogen and oxygen atoms in total. The van der Waals surface area contributed by atoms with Gasteiger partial charge >= 0.3 is 5.97 Å². The molecule has 3 aromatic carbocycles. The molecule has 1 atom stereocenters. The molecule has 2 N–H and O–H groups in total. The molecule has 0 fully saturated rings. The smallest absolute Gasteiger partial charge is 0.324 e. The van der Waals surface area contributed by atoms with E-state index in [1.807, 2.05) is 30.3 Å². The molecule has 0 spiro atoms. The predicted octanol–water partition coefficient (Wildman–Crippen LogP) is 3.75. The standard InChI is InChI=1S/C26H28N2O6S/c1-19(2)25(28-35(31,32)23-11-7-4-8-12-23)26(30)34-18-24(29)27-21-13-15-22(16-14-21)33-17-20-9-5-3-6-10-20/h3-16,19,25,28H,17-18H2,1-2H3,(H,27,29). The average Bonchev–Trinajstić information content (AvgIpc) is 2.86. The number of amides is 1. The Kier molecular flexibility index (Phi) is 8.99. The predicted molar refractivity (Wildman–Crippen MR) is 132 cm³/mol. The highest BCUT2D eigenvalue weighted by molar-refractivity contribution is 7.89. The first-order valence-electron chi connectivity index (χ1n) is 11.1. The molecule has 35 heavy (non-hydrogen) atoms. The van der Waals surface area contributed by atoms with Gasteiger partial charge in [0, 0.05) is 5.69 Å². The molecule has 3 aromatic rings. The second kappa shape index (κ2) is 12.1. The Labute approximate surface area is 205 Å². The minimum absolute atomic E-state index is 0.0346. The van der Waals surface area contributed by atoms with Gasteiger partial charge in [0.15, 0.2) is 6.61 Å². The van der Waals surface area contributed by atoms with E-state index in [9.17, 15) is 18.0 Å². The number of anilines is 1. The van der Waals surface area contributed by atoms with Crippen LogP contribution in [0.15, 0.2) is 89.8 Å². The summed E-state index contributed by atoms with van der Waals surface area (Å²) in [5.41, 5.74) is 1.54. The summed E-state index contributed by atoms with van der Waals surface area (Å²) in [6.45, 7) is 3.23. The summed E-state index contributed by atoms with van der Waals surface area (Å²) in [7, 11) is -3.93. The lowest BCUT2D eigenvalue weighted by molar-refractivity contribution is -0.150. The van der Waals surface area contributed by atoms with Crippen molar-refractivity contribution in [1.82, 2.24) is 4.72 Å². The van der Waals surface area contributed by atoms with Crippen LogP contribution in [0.4, 0.5) is 5.69 Å². The van der Waals surface area contributed by atoms with Gasteiger partial charge in [-0.05, 0) is 47.9 Å². The Morgan fingerprint density at radius 1 is 0.857 bits per heavy atom. The van der Waals surface area contributed by atoms with Crippen LogP contribution in [0.5, 0.6) is 5.75 Å². The number of carbonyl (C=O) groups excluding carboxylic acids is 2. The summed E-state index contributed by atoms with van der Waals surface area (Å²) in [4.78, 5) is 24.8. The van der Waals surface area contributed by atoms with Crippen LogP contribution in [0.25, 0.3) is 0 Å². The zero-order valence-corrected chi connectivity index (χ0v) is 20.3. The van der Waals surface area contributed by atoms with Crippen LogP contribution in [-0.4, -0.2) is 32.9 Å². The number of hydrogen-bond acceptors (Lipinski definition) is 6. The number of benzene rings is 3. The molecule has 1 unspecified atom stereocenters. The molecule has 0 aliphatic rings. The molecule has 0 saturated carbocycles. The van der Waals surface area contributed by atoms with E-state index in [0.717, 1.165) is 5.56 Å². The van der Waals surface area contributed by atoms with Crippen molar-refractivity contribution < 1.29 is 27.5 Å². The third-order valence-electron chi connectivity index (χ3n) is 4.99. The highest BCUT2D eigenvalue weighted by Crippen LogP contribution is 2.17. The number of nitrogens with one attached hydrogen (secondary N) is 2. The van der Waals surface area contributed by atoms with E-state index in [0.29, 0.717) is 18.0 Å². The molecule has 0 aliphatic carbocycles. The van der Waals surface area contributed by atoms with Crippen LogP contribution in [0.3, 0.4) is 0 Å². The Morgan fingerprint density at radius 2 is 1.46 bits per heavy atom. The van der Waals surface area contributed by atoms with Crippen molar-refractivity contribution in [1.29, 1.82) is 0 Å². The number of sulfonamides is 1. The maximum Gasteiger partial charge on any atom is 0.324 e. The van der Waals surface area contributed by atoms with E-state index in [2.05, 4.69) is 10.0 Å². The molecule has 1 amide bonds. The van der Waals surface area contributed by atoms with Crippen LogP contribution >= 0.6 is 0 Å². The van der Waals surface area contributed by atoms with Gasteiger partial charge in [-0.3, -0.25) is 9.59 Å². The fourth-order valence-electron chi connectivity index (χ4n) is 3.09. The van der Waals surface area contributed by atoms with E-state index in [1.54, 1.807) is 56.3 Å². The van der Waals surface area contributed by atoms with Gasteiger partial charge in [0.25, 0.3) is 5.91 Å². The molecule has 9 heteroatoms. The molecule has 184 valence electrons. The molecule has 0 heterocycles. The highest BCUT2D eigenvalue weighted by Gasteiger charge is 2.30. The maximum atomic E-state index is 12.6. The molecular weight excluding hydrogens is 468 g/mol. The van der Waals surface area contributed by atoms with Crippen LogP contribution < -0.4 is 14.8 Å². The molecule has 0 aromatic heterocycles. The van der Waals surface area contributed by atoms with Gasteiger partial charge in [-0.15, -0.1) is 0 Å². The average molecular weight is 497 g/mol. The van der Waals surface area contributed by atoms with Gasteiger partial charge in [0.1, 0.15) is 18.4 Å². The van der Waals surface area contributed by atoms with Crippen molar-refractivity contribution in [3.63, 3.8) is 0 Å². The normalized spacial score (nSPS) is 12.1. The van der Waals surface area contributed by atoms with Crippen LogP contribution in [0.2, 0.25) is 0 Å². The Hall–Kier alpha value is -3.69. The van der Waals surface area contributed by atoms with E-state index >= 15 is 0 Å². The largest absolute Gasteiger partial charge is 0.489 e. The quantitative estimate of drug-likeness (QED) is 0.391. The summed E-state index contributed by atoms with van der Waals surface area (Å²) in [5.74, 6) is -1.14. The molecule has 0 radical (unpaired) electrons. The summed E-state index contributed by atoms with van der Waals surface area (Å²) in [5, 5.41) is 2.63. The van der Waals surface area contributed by atoms with Crippen molar-refractivity contribution >= 4 is 27.6 Å². The van der Waals surface area contributed by atoms with Gasteiger partial charge < -0.3 is 14.8 Å². The SMILES string of the molecule is CC(C)C(NS(=O)(=O)c1ccccc1)C(=O)OCC(=O)Nc1ccc(OCc2ccccc2)cc1. The van der Waals surface area contributed by atoms with Gasteiger partial charge in [-0.2, -0.15) is 4.72 Å². The van der Waals surface area contributed by atoms with Gasteiger partial charge in [-0.1, -0.05) is 62.4 Å². The zero-order chi connectivity index (χ0) is 25.3. The van der Waals surface area contributed by atoms with E-state index < -0.39 is 40.5 Å². The number of esters is 1. The lowest BCUT2D eigenvalue weighted by Gasteiger charge is -2.20. The van der Waals surface area contributed by atoms with Crippen molar-refractivity contribution in [2.24, 2.45) is 5.92 Å². The summed E-state index contributed by atoms with van der Waals surface area (Å²) in [6.07, 6.45) is 0. The van der Waals surface area contributed by atoms with Crippen molar-refractivity contribution in [2.75, 3.05) is 11.9 Å². The van der Waals surface area contributed by atoms with Crippen LogP contribution in [0, 0.1) is 5.92 Å². The fourth-order valence-corrected chi connectivity index (χ4v) is 4.44. The third kappa shape index (κ3) is 7.94. The lowest BCUT2D eigenvalue weighted by atomic mass is 10.1. The molecule has 0 saturated heterocycles. The Morgan fingerprint density at radius 3 is 2.06 bits per heavy atom. The second-order valence-corrected chi connectivity index (χ2v) is 9.82. The lowest BCUT2D eigenvalue weighted by Crippen LogP contribution is -2.45. The molecule has 3 rings (SSSR count). The minimum atomic E-state index is -3.93. The van der Waals surface area contributed by atoms with E-state index in [1.165, 1.54) is 12.1 Å². The topological polar surface area (TPSA) is 111 Å². The fraction of sp³-hybridized carbons (Fsp3) is 0.231. The molecular formula is C26H28N2O6S. The minimum Gasteiger partial charge on any atom is -0.489 e. The van der Waals surface area contributed by atoms with E-state index in [4.69, 9.17) is 9.47 Å². The second-order valence-electron chi connectivity index (χ2n) is 8.11. The highest BCUT2D eigenvalue weighted by atomic mass is 32.2. The first-order valence-corrected chi connectivity index (χ1v) is 12.5. The first kappa shape index (κ1) is 25.9. The monoisotopic (exact) mass is 496 g/mol. The van der Waals surface area contributed by atoms with Crippen molar-refractivity contribution in [2.45, 2.75) is 31.4 Å². The van der Waals surface area contributed by atoms with Crippen LogP contribution in [0.1, 0.15) is 19.4 Å². The van der Waals surface area contributed by atoms with Crippen molar-refractivity contribution in [3.05, 3.63) is 90.5 Å².